The van der Waals surface area contributed by atoms with Crippen LogP contribution in [0.25, 0.3) is 0 Å². The second-order valence-corrected chi connectivity index (χ2v) is 8.57. The minimum absolute atomic E-state index is 0.239. The Balaban J connectivity index is 1.96. The first-order chi connectivity index (χ1) is 12.7. The Morgan fingerprint density at radius 1 is 1.22 bits per heavy atom. The number of halogens is 1. The summed E-state index contributed by atoms with van der Waals surface area (Å²) in [5, 5.41) is 0.350. The monoisotopic (exact) mass is 386 g/mol. The van der Waals surface area contributed by atoms with E-state index in [9.17, 15) is 4.79 Å². The van der Waals surface area contributed by atoms with Crippen molar-refractivity contribution in [2.75, 3.05) is 11.4 Å². The highest BCUT2D eigenvalue weighted by Crippen LogP contribution is 2.37. The molecule has 3 rings (SSSR count). The highest BCUT2D eigenvalue weighted by molar-refractivity contribution is 6.30. The molecule has 1 aromatic carbocycles. The summed E-state index contributed by atoms with van der Waals surface area (Å²) >= 11 is 6.38. The van der Waals surface area contributed by atoms with Gasteiger partial charge in [0.05, 0.1) is 11.6 Å². The molecule has 0 amide bonds. The lowest BCUT2D eigenvalue weighted by Gasteiger charge is -2.27. The first kappa shape index (κ1) is 19.7. The van der Waals surface area contributed by atoms with Crippen molar-refractivity contribution in [1.82, 2.24) is 4.98 Å². The number of aromatic nitrogens is 1. The number of benzene rings is 1. The zero-order valence-corrected chi connectivity index (χ0v) is 17.4. The average Bonchev–Trinajstić information content (AvgIpc) is 3.06. The van der Waals surface area contributed by atoms with Crippen LogP contribution < -0.4 is 4.90 Å². The summed E-state index contributed by atoms with van der Waals surface area (Å²) in [6.45, 7) is 10.4. The van der Waals surface area contributed by atoms with Crippen LogP contribution in [0.15, 0.2) is 30.3 Å². The number of esters is 1. The lowest BCUT2D eigenvalue weighted by Crippen LogP contribution is -2.26. The maximum atomic E-state index is 12.7. The van der Waals surface area contributed by atoms with Crippen LogP contribution in [0.4, 0.5) is 5.82 Å². The van der Waals surface area contributed by atoms with E-state index >= 15 is 0 Å². The van der Waals surface area contributed by atoms with Gasteiger partial charge in [-0.25, -0.2) is 9.78 Å². The van der Waals surface area contributed by atoms with E-state index in [4.69, 9.17) is 16.3 Å². The van der Waals surface area contributed by atoms with E-state index < -0.39 is 5.60 Å². The normalized spacial score (nSPS) is 17.3. The Morgan fingerprint density at radius 2 is 1.89 bits per heavy atom. The van der Waals surface area contributed by atoms with Crippen molar-refractivity contribution in [3.8, 4) is 0 Å². The molecule has 2 aromatic rings. The smallest absolute Gasteiger partial charge is 0.339 e. The van der Waals surface area contributed by atoms with Crippen LogP contribution in [0.3, 0.4) is 0 Å². The molecule has 0 radical (unpaired) electrons. The number of hydrogen-bond acceptors (Lipinski definition) is 4. The van der Waals surface area contributed by atoms with E-state index in [1.807, 2.05) is 26.8 Å². The van der Waals surface area contributed by atoms with Gasteiger partial charge in [-0.05, 0) is 59.1 Å². The Hall–Kier alpha value is -2.07. The number of aryl methyl sites for hydroxylation is 1. The fourth-order valence-corrected chi connectivity index (χ4v) is 3.62. The van der Waals surface area contributed by atoms with Crippen molar-refractivity contribution in [3.05, 3.63) is 57.7 Å². The fourth-order valence-electron chi connectivity index (χ4n) is 3.43. The summed E-state index contributed by atoms with van der Waals surface area (Å²) in [5.41, 5.74) is 3.08. The van der Waals surface area contributed by atoms with E-state index in [1.165, 1.54) is 11.1 Å². The molecule has 1 fully saturated rings. The van der Waals surface area contributed by atoms with E-state index in [0.717, 1.165) is 25.2 Å². The van der Waals surface area contributed by atoms with Gasteiger partial charge in [-0.1, -0.05) is 41.4 Å². The van der Waals surface area contributed by atoms with E-state index in [0.29, 0.717) is 16.3 Å². The van der Waals surface area contributed by atoms with E-state index in [-0.39, 0.29) is 12.0 Å². The van der Waals surface area contributed by atoms with Gasteiger partial charge in [0.15, 0.2) is 0 Å². The summed E-state index contributed by atoms with van der Waals surface area (Å²) in [5.74, 6) is 0.367. The third-order valence-electron chi connectivity index (χ3n) is 4.83. The van der Waals surface area contributed by atoms with Gasteiger partial charge in [0.1, 0.15) is 16.6 Å². The summed E-state index contributed by atoms with van der Waals surface area (Å²) < 4.78 is 5.56. The Morgan fingerprint density at radius 3 is 2.52 bits per heavy atom. The standard InChI is InChI=1S/C22H27ClN2O2/c1-14-8-10-16(11-9-14)18-7-6-12-25(18)19-13-17(15(2)20(23)24-19)21(26)27-22(3,4)5/h8-11,13,18H,6-7,12H2,1-5H3/t18-/m0/s1. The van der Waals surface area contributed by atoms with Crippen LogP contribution in [0.1, 0.15) is 66.7 Å². The molecule has 1 saturated heterocycles. The number of hydrogen-bond donors (Lipinski definition) is 0. The molecule has 0 bridgehead atoms. The van der Waals surface area contributed by atoms with Gasteiger partial charge in [0.2, 0.25) is 0 Å². The molecular weight excluding hydrogens is 360 g/mol. The molecule has 2 heterocycles. The molecule has 1 aliphatic heterocycles. The average molecular weight is 387 g/mol. The lowest BCUT2D eigenvalue weighted by molar-refractivity contribution is 0.00686. The summed E-state index contributed by atoms with van der Waals surface area (Å²) in [4.78, 5) is 19.5. The number of anilines is 1. The number of rotatable bonds is 3. The lowest BCUT2D eigenvalue weighted by atomic mass is 10.0. The third-order valence-corrected chi connectivity index (χ3v) is 5.20. The van der Waals surface area contributed by atoms with E-state index in [2.05, 4.69) is 41.1 Å². The van der Waals surface area contributed by atoms with Crippen molar-refractivity contribution in [1.29, 1.82) is 0 Å². The Kier molecular flexibility index (Phi) is 5.48. The zero-order valence-electron chi connectivity index (χ0n) is 16.7. The number of nitrogens with zero attached hydrogens (tertiary/aromatic N) is 2. The topological polar surface area (TPSA) is 42.4 Å². The predicted molar refractivity (Wildman–Crippen MR) is 110 cm³/mol. The highest BCUT2D eigenvalue weighted by Gasteiger charge is 2.29. The van der Waals surface area contributed by atoms with Crippen LogP contribution in [-0.2, 0) is 4.74 Å². The predicted octanol–water partition coefficient (Wildman–Crippen LogP) is 5.65. The first-order valence-corrected chi connectivity index (χ1v) is 9.77. The number of pyridine rings is 1. The zero-order chi connectivity index (χ0) is 19.8. The quantitative estimate of drug-likeness (QED) is 0.505. The molecule has 0 aliphatic carbocycles. The maximum absolute atomic E-state index is 12.7. The molecule has 4 nitrogen and oxygen atoms in total. The van der Waals surface area contributed by atoms with Crippen LogP contribution in [0, 0.1) is 13.8 Å². The van der Waals surface area contributed by atoms with Gasteiger partial charge in [-0.3, -0.25) is 0 Å². The molecule has 0 saturated carbocycles. The highest BCUT2D eigenvalue weighted by atomic mass is 35.5. The third kappa shape index (κ3) is 4.44. The molecule has 1 atom stereocenters. The molecule has 1 aliphatic rings. The van der Waals surface area contributed by atoms with E-state index in [1.54, 1.807) is 6.92 Å². The van der Waals surface area contributed by atoms with Crippen LogP contribution in [0.5, 0.6) is 0 Å². The van der Waals surface area contributed by atoms with Gasteiger partial charge in [-0.15, -0.1) is 0 Å². The van der Waals surface area contributed by atoms with Crippen molar-refractivity contribution in [2.45, 2.75) is 59.1 Å². The molecule has 27 heavy (non-hydrogen) atoms. The first-order valence-electron chi connectivity index (χ1n) is 9.39. The van der Waals surface area contributed by atoms with Gasteiger partial charge in [-0.2, -0.15) is 0 Å². The number of carbonyl (C=O) groups is 1. The summed E-state index contributed by atoms with van der Waals surface area (Å²) in [7, 11) is 0. The maximum Gasteiger partial charge on any atom is 0.339 e. The van der Waals surface area contributed by atoms with Crippen LogP contribution >= 0.6 is 11.6 Å². The molecule has 5 heteroatoms. The van der Waals surface area contributed by atoms with Crippen molar-refractivity contribution in [3.63, 3.8) is 0 Å². The second-order valence-electron chi connectivity index (χ2n) is 8.21. The molecule has 0 unspecified atom stereocenters. The van der Waals surface area contributed by atoms with Gasteiger partial charge in [0, 0.05) is 12.1 Å². The molecule has 0 N–H and O–H groups in total. The van der Waals surface area contributed by atoms with Gasteiger partial charge >= 0.3 is 5.97 Å². The molecule has 1 aromatic heterocycles. The summed E-state index contributed by atoms with van der Waals surface area (Å²) in [6.07, 6.45) is 2.13. The molecule has 144 valence electrons. The minimum Gasteiger partial charge on any atom is -0.456 e. The number of carbonyl (C=O) groups excluding carboxylic acids is 1. The molecular formula is C22H27ClN2O2. The fraction of sp³-hybridized carbons (Fsp3) is 0.455. The number of ether oxygens (including phenoxy) is 1. The largest absolute Gasteiger partial charge is 0.456 e. The minimum atomic E-state index is -0.558. The van der Waals surface area contributed by atoms with Crippen molar-refractivity contribution >= 4 is 23.4 Å². The van der Waals surface area contributed by atoms with Crippen molar-refractivity contribution < 1.29 is 9.53 Å². The SMILES string of the molecule is Cc1ccc([C@@H]2CCCN2c2cc(C(=O)OC(C)(C)C)c(C)c(Cl)n2)cc1. The summed E-state index contributed by atoms with van der Waals surface area (Å²) in [6, 6.07) is 10.7. The Labute approximate surface area is 166 Å². The second kappa shape index (κ2) is 7.51. The molecule has 0 spiro atoms. The van der Waals surface area contributed by atoms with Gasteiger partial charge in [0.25, 0.3) is 0 Å². The van der Waals surface area contributed by atoms with Crippen molar-refractivity contribution in [2.24, 2.45) is 0 Å². The van der Waals surface area contributed by atoms with Gasteiger partial charge < -0.3 is 9.64 Å². The van der Waals surface area contributed by atoms with Crippen LogP contribution in [-0.4, -0.2) is 23.1 Å². The van der Waals surface area contributed by atoms with Crippen LogP contribution in [0.2, 0.25) is 5.15 Å². The Bertz CT molecular complexity index is 841.